The molecule has 2 aromatic rings. The maximum Gasteiger partial charge on any atom is 0.191 e. The molecule has 4 nitrogen and oxygen atoms in total. The van der Waals surface area contributed by atoms with Crippen LogP contribution in [0, 0.1) is 0 Å². The van der Waals surface area contributed by atoms with Crippen molar-refractivity contribution in [3.8, 4) is 0 Å². The molecular weight excluding hydrogens is 390 g/mol. The molecule has 3 rings (SSSR count). The van der Waals surface area contributed by atoms with E-state index in [2.05, 4.69) is 55.8 Å². The molecule has 0 saturated heterocycles. The molecule has 1 fully saturated rings. The van der Waals surface area contributed by atoms with E-state index in [9.17, 15) is 5.11 Å². The summed E-state index contributed by atoms with van der Waals surface area (Å²) in [4.78, 5) is 4.33. The third-order valence-electron chi connectivity index (χ3n) is 5.12. The van der Waals surface area contributed by atoms with Crippen molar-refractivity contribution in [1.82, 2.24) is 10.6 Å². The number of nitrogens with one attached hydrogen (secondary N) is 2. The van der Waals surface area contributed by atoms with Crippen molar-refractivity contribution >= 4 is 21.9 Å². The Morgan fingerprint density at radius 1 is 1.15 bits per heavy atom. The summed E-state index contributed by atoms with van der Waals surface area (Å²) in [6.07, 6.45) is 2.38. The summed E-state index contributed by atoms with van der Waals surface area (Å²) in [6.45, 7) is 1.61. The van der Waals surface area contributed by atoms with Gasteiger partial charge in [-0.05, 0) is 36.1 Å². The van der Waals surface area contributed by atoms with E-state index in [4.69, 9.17) is 0 Å². The molecule has 2 aromatic carbocycles. The van der Waals surface area contributed by atoms with Gasteiger partial charge < -0.3 is 15.7 Å². The first kappa shape index (κ1) is 18.9. The van der Waals surface area contributed by atoms with Crippen LogP contribution >= 0.6 is 15.9 Å². The van der Waals surface area contributed by atoms with Crippen LogP contribution in [0.15, 0.2) is 64.1 Å². The molecule has 0 aliphatic heterocycles. The molecule has 0 aromatic heterocycles. The zero-order chi connectivity index (χ0) is 18.4. The van der Waals surface area contributed by atoms with Crippen LogP contribution in [0.3, 0.4) is 0 Å². The highest BCUT2D eigenvalue weighted by Crippen LogP contribution is 2.48. The first-order valence-corrected chi connectivity index (χ1v) is 9.82. The van der Waals surface area contributed by atoms with Crippen molar-refractivity contribution < 1.29 is 5.11 Å². The second-order valence-corrected chi connectivity index (χ2v) is 7.80. The molecule has 0 bridgehead atoms. The molecule has 1 atom stereocenters. The average Bonchev–Trinajstić information content (AvgIpc) is 3.47. The Labute approximate surface area is 163 Å². The molecule has 1 aliphatic carbocycles. The standard InChI is InChI=1S/C21H26BrN3O/c1-23-20(24-13-17(14-26)16-6-3-2-4-7-16)25-15-21(10-11-21)18-8-5-9-19(22)12-18/h2-9,12,17,26H,10-11,13-15H2,1H3,(H2,23,24,25). The lowest BCUT2D eigenvalue weighted by molar-refractivity contribution is 0.265. The minimum absolute atomic E-state index is 0.0507. The Morgan fingerprint density at radius 2 is 1.92 bits per heavy atom. The molecule has 0 radical (unpaired) electrons. The van der Waals surface area contributed by atoms with Crippen LogP contribution in [0.4, 0.5) is 0 Å². The second kappa shape index (κ2) is 8.69. The number of benzene rings is 2. The molecule has 5 heteroatoms. The van der Waals surface area contributed by atoms with Gasteiger partial charge in [0.05, 0.1) is 6.61 Å². The highest BCUT2D eigenvalue weighted by molar-refractivity contribution is 9.10. The molecule has 3 N–H and O–H groups in total. The minimum Gasteiger partial charge on any atom is -0.396 e. The van der Waals surface area contributed by atoms with Gasteiger partial charge in [0.25, 0.3) is 0 Å². The molecular formula is C21H26BrN3O. The van der Waals surface area contributed by atoms with E-state index in [0.717, 1.165) is 22.5 Å². The summed E-state index contributed by atoms with van der Waals surface area (Å²) in [5, 5.41) is 16.5. The van der Waals surface area contributed by atoms with Gasteiger partial charge >= 0.3 is 0 Å². The zero-order valence-corrected chi connectivity index (χ0v) is 16.7. The van der Waals surface area contributed by atoms with Gasteiger partial charge in [0.1, 0.15) is 0 Å². The Bertz CT molecular complexity index is 744. The van der Waals surface area contributed by atoms with Crippen molar-refractivity contribution in [2.75, 3.05) is 26.7 Å². The molecule has 1 aliphatic rings. The van der Waals surface area contributed by atoms with Gasteiger partial charge in [-0.3, -0.25) is 4.99 Å². The molecule has 0 amide bonds. The van der Waals surface area contributed by atoms with E-state index in [1.807, 2.05) is 30.3 Å². The van der Waals surface area contributed by atoms with Gasteiger partial charge in [-0.2, -0.15) is 0 Å². The van der Waals surface area contributed by atoms with Gasteiger partial charge in [-0.15, -0.1) is 0 Å². The third-order valence-corrected chi connectivity index (χ3v) is 5.61. The quantitative estimate of drug-likeness (QED) is 0.479. The van der Waals surface area contributed by atoms with Crippen LogP contribution in [0.25, 0.3) is 0 Å². The Kier molecular flexibility index (Phi) is 6.33. The maximum atomic E-state index is 9.70. The van der Waals surface area contributed by atoms with Crippen LogP contribution in [0.5, 0.6) is 0 Å². The highest BCUT2D eigenvalue weighted by atomic mass is 79.9. The number of hydrogen-bond donors (Lipinski definition) is 3. The maximum absolute atomic E-state index is 9.70. The number of rotatable bonds is 7. The van der Waals surface area contributed by atoms with Crippen molar-refractivity contribution in [2.45, 2.75) is 24.2 Å². The Hall–Kier alpha value is -1.85. The van der Waals surface area contributed by atoms with Gasteiger partial charge in [-0.1, -0.05) is 58.4 Å². The lowest BCUT2D eigenvalue weighted by Crippen LogP contribution is -2.43. The topological polar surface area (TPSA) is 56.7 Å². The Morgan fingerprint density at radius 3 is 2.54 bits per heavy atom. The molecule has 1 unspecified atom stereocenters. The summed E-state index contributed by atoms with van der Waals surface area (Å²) in [5.41, 5.74) is 2.70. The number of hydrogen-bond acceptors (Lipinski definition) is 2. The summed E-state index contributed by atoms with van der Waals surface area (Å²) < 4.78 is 1.12. The smallest absolute Gasteiger partial charge is 0.191 e. The SMILES string of the molecule is CN=C(NCC(CO)c1ccccc1)NCC1(c2cccc(Br)c2)CC1. The number of nitrogens with zero attached hydrogens (tertiary/aromatic N) is 1. The predicted molar refractivity (Wildman–Crippen MR) is 111 cm³/mol. The van der Waals surface area contributed by atoms with Crippen LogP contribution in [-0.4, -0.2) is 37.8 Å². The first-order chi connectivity index (χ1) is 12.7. The predicted octanol–water partition coefficient (Wildman–Crippen LogP) is 3.42. The third kappa shape index (κ3) is 4.65. The van der Waals surface area contributed by atoms with E-state index in [1.165, 1.54) is 18.4 Å². The van der Waals surface area contributed by atoms with Gasteiger partial charge in [-0.25, -0.2) is 0 Å². The van der Waals surface area contributed by atoms with Gasteiger partial charge in [0.2, 0.25) is 0 Å². The van der Waals surface area contributed by atoms with E-state index in [1.54, 1.807) is 7.05 Å². The van der Waals surface area contributed by atoms with E-state index in [0.29, 0.717) is 6.54 Å². The number of halogens is 1. The second-order valence-electron chi connectivity index (χ2n) is 6.89. The van der Waals surface area contributed by atoms with E-state index >= 15 is 0 Å². The monoisotopic (exact) mass is 415 g/mol. The zero-order valence-electron chi connectivity index (χ0n) is 15.1. The summed E-state index contributed by atoms with van der Waals surface area (Å²) in [7, 11) is 1.78. The minimum atomic E-state index is 0.0507. The Balaban J connectivity index is 1.55. The molecule has 1 saturated carbocycles. The summed E-state index contributed by atoms with van der Waals surface area (Å²) in [5.74, 6) is 0.829. The van der Waals surface area contributed by atoms with Crippen LogP contribution in [0.2, 0.25) is 0 Å². The summed E-state index contributed by atoms with van der Waals surface area (Å²) in [6, 6.07) is 18.7. The lowest BCUT2D eigenvalue weighted by Gasteiger charge is -2.21. The van der Waals surface area contributed by atoms with Crippen molar-refractivity contribution in [3.63, 3.8) is 0 Å². The van der Waals surface area contributed by atoms with Crippen LogP contribution in [-0.2, 0) is 5.41 Å². The average molecular weight is 416 g/mol. The fourth-order valence-electron chi connectivity index (χ4n) is 3.24. The fourth-order valence-corrected chi connectivity index (χ4v) is 3.64. The van der Waals surface area contributed by atoms with Gasteiger partial charge in [0, 0.05) is 35.9 Å². The van der Waals surface area contributed by atoms with Crippen molar-refractivity contribution in [1.29, 1.82) is 0 Å². The van der Waals surface area contributed by atoms with Crippen LogP contribution < -0.4 is 10.6 Å². The van der Waals surface area contributed by atoms with Crippen LogP contribution in [0.1, 0.15) is 29.9 Å². The fraction of sp³-hybridized carbons (Fsp3) is 0.381. The molecule has 138 valence electrons. The highest BCUT2D eigenvalue weighted by Gasteiger charge is 2.44. The van der Waals surface area contributed by atoms with Gasteiger partial charge in [0.15, 0.2) is 5.96 Å². The largest absolute Gasteiger partial charge is 0.396 e. The van der Waals surface area contributed by atoms with Crippen molar-refractivity contribution in [2.24, 2.45) is 4.99 Å². The normalized spacial score (nSPS) is 16.8. The van der Waals surface area contributed by atoms with E-state index in [-0.39, 0.29) is 17.9 Å². The lowest BCUT2D eigenvalue weighted by atomic mass is 9.96. The van der Waals surface area contributed by atoms with Crippen molar-refractivity contribution in [3.05, 3.63) is 70.2 Å². The number of aliphatic imine (C=N–C) groups is 1. The molecule has 0 spiro atoms. The number of guanidine groups is 1. The molecule has 26 heavy (non-hydrogen) atoms. The number of aliphatic hydroxyl groups is 1. The first-order valence-electron chi connectivity index (χ1n) is 9.03. The van der Waals surface area contributed by atoms with E-state index < -0.39 is 0 Å². The molecule has 0 heterocycles. The summed E-state index contributed by atoms with van der Waals surface area (Å²) >= 11 is 3.57. The number of aliphatic hydroxyl groups excluding tert-OH is 1.